The second kappa shape index (κ2) is 8.58. The van der Waals surface area contributed by atoms with Crippen LogP contribution < -0.4 is 0 Å². The molecule has 0 aromatic heterocycles. The van der Waals surface area contributed by atoms with Crippen LogP contribution in [-0.4, -0.2) is 26.5 Å². The third-order valence-corrected chi connectivity index (χ3v) is 2.07. The Kier molecular flexibility index (Phi) is 11.0. The van der Waals surface area contributed by atoms with Gasteiger partial charge in [-0.2, -0.15) is 0 Å². The molecule has 0 spiro atoms. The quantitative estimate of drug-likeness (QED) is 0.315. The molecule has 0 aromatic rings. The Labute approximate surface area is 105 Å². The van der Waals surface area contributed by atoms with Crippen LogP contribution in [0, 0.1) is 41.3 Å². The minimum absolute atomic E-state index is 0. The van der Waals surface area contributed by atoms with Gasteiger partial charge in [0.2, 0.25) is 0 Å². The van der Waals surface area contributed by atoms with Gasteiger partial charge in [-0.3, -0.25) is 9.09 Å². The maximum atomic E-state index is 11.0. The van der Waals surface area contributed by atoms with E-state index >= 15 is 0 Å². The third-order valence-electron chi connectivity index (χ3n) is 0.769. The van der Waals surface area contributed by atoms with Gasteiger partial charge in [-0.1, -0.05) is 6.47 Å². The van der Waals surface area contributed by atoms with Gasteiger partial charge in [0.15, 0.2) is 6.79 Å². The minimum Gasteiger partial charge on any atom is -0.634 e. The summed E-state index contributed by atoms with van der Waals surface area (Å²) < 4.78 is 24.3. The van der Waals surface area contributed by atoms with Crippen molar-refractivity contribution < 1.29 is 64.4 Å². The molecule has 0 N–H and O–H groups in total. The molecule has 1 atom stereocenters. The summed E-state index contributed by atoms with van der Waals surface area (Å²) in [5.41, 5.74) is 0. The third kappa shape index (κ3) is 9.07. The Morgan fingerprint density at radius 3 is 2.42 bits per heavy atom. The van der Waals surface area contributed by atoms with Gasteiger partial charge in [0.05, 0.1) is 6.61 Å². The van der Waals surface area contributed by atoms with Crippen LogP contribution in [0.5, 0.6) is 0 Å². The second-order valence-corrected chi connectivity index (χ2v) is 3.72. The Balaban J connectivity index is 0. The first-order valence-corrected chi connectivity index (χ1v) is 4.97. The second-order valence-electron chi connectivity index (χ2n) is 1.66. The van der Waals surface area contributed by atoms with Gasteiger partial charge in [0.1, 0.15) is 0 Å². The largest absolute Gasteiger partial charge is 0.634 e. The molecule has 0 fully saturated rings. The van der Waals surface area contributed by atoms with Crippen molar-refractivity contribution in [1.82, 2.24) is 0 Å². The van der Waals surface area contributed by atoms with E-state index in [1.54, 1.807) is 6.92 Å². The van der Waals surface area contributed by atoms with Crippen LogP contribution in [0.1, 0.15) is 6.92 Å². The van der Waals surface area contributed by atoms with Crippen LogP contribution in [0.4, 0.5) is 0 Å². The molecule has 0 amide bonds. The molecule has 7 heteroatoms. The zero-order valence-electron chi connectivity index (χ0n) is 6.98. The molecule has 0 aliphatic heterocycles. The number of ether oxygens (including phenoxy) is 1. The van der Waals surface area contributed by atoms with Crippen LogP contribution in [-0.2, 0) is 23.1 Å². The van der Waals surface area contributed by atoms with E-state index in [-0.39, 0.29) is 41.3 Å². The molecule has 0 saturated carbocycles. The molecule has 0 aromatic carbocycles. The molecule has 0 heterocycles. The van der Waals surface area contributed by atoms with Gasteiger partial charge >= 0.3 is 7.60 Å². The molecular formula is C5H10O5PPr-. The van der Waals surface area contributed by atoms with Crippen molar-refractivity contribution in [2.75, 3.05) is 20.1 Å². The molecule has 1 radical (unpaired) electrons. The SMILES string of the molecule is CCOP(C)(=O)OCO[C-]=O.[Pr]. The standard InChI is InChI=1S/C5H10O5P.Pr/c1-3-9-11(2,7)10-5-8-4-6;/h3,5H2,1-2H3;/q-1;. The van der Waals surface area contributed by atoms with E-state index in [4.69, 9.17) is 4.52 Å². The summed E-state index contributed by atoms with van der Waals surface area (Å²) in [6.45, 7) is 4.01. The van der Waals surface area contributed by atoms with Gasteiger partial charge in [-0.15, -0.1) is 0 Å². The number of carbonyl (C=O) groups excluding carboxylic acids is 1. The van der Waals surface area contributed by atoms with Crippen LogP contribution >= 0.6 is 7.60 Å². The summed E-state index contributed by atoms with van der Waals surface area (Å²) in [6.07, 6.45) is 0. The van der Waals surface area contributed by atoms with Crippen molar-refractivity contribution in [2.24, 2.45) is 0 Å². The van der Waals surface area contributed by atoms with E-state index in [9.17, 15) is 9.36 Å². The molecule has 12 heavy (non-hydrogen) atoms. The van der Waals surface area contributed by atoms with Gasteiger partial charge in [0.25, 0.3) is 0 Å². The molecule has 0 rings (SSSR count). The Morgan fingerprint density at radius 1 is 1.42 bits per heavy atom. The van der Waals surface area contributed by atoms with Crippen LogP contribution in [0.3, 0.4) is 0 Å². The molecule has 69 valence electrons. The maximum Gasteiger partial charge on any atom is 0.330 e. The van der Waals surface area contributed by atoms with Gasteiger partial charge in [-0.05, 0) is 6.92 Å². The first-order valence-electron chi connectivity index (χ1n) is 2.98. The first kappa shape index (κ1) is 15.5. The van der Waals surface area contributed by atoms with Crippen molar-refractivity contribution in [3.8, 4) is 0 Å². The van der Waals surface area contributed by atoms with E-state index in [1.807, 2.05) is 0 Å². The summed E-state index contributed by atoms with van der Waals surface area (Å²) in [6, 6.07) is 0. The van der Waals surface area contributed by atoms with Crippen molar-refractivity contribution in [2.45, 2.75) is 6.92 Å². The Bertz CT molecular complexity index is 162. The maximum absolute atomic E-state index is 11.0. The van der Waals surface area contributed by atoms with E-state index in [2.05, 4.69) is 9.26 Å². The van der Waals surface area contributed by atoms with Crippen LogP contribution in [0.15, 0.2) is 0 Å². The average molecular weight is 322 g/mol. The van der Waals surface area contributed by atoms with Gasteiger partial charge in [0, 0.05) is 48.0 Å². The summed E-state index contributed by atoms with van der Waals surface area (Å²) in [5, 5.41) is 0. The Hall–Kier alpha value is 0.984. The van der Waals surface area contributed by atoms with Crippen LogP contribution in [0.2, 0.25) is 0 Å². The van der Waals surface area contributed by atoms with Crippen LogP contribution in [0.25, 0.3) is 0 Å². The van der Waals surface area contributed by atoms with Crippen molar-refractivity contribution in [3.63, 3.8) is 0 Å². The fourth-order valence-corrected chi connectivity index (χ4v) is 1.21. The van der Waals surface area contributed by atoms with E-state index in [0.29, 0.717) is 6.61 Å². The number of hydrogen-bond donors (Lipinski definition) is 0. The van der Waals surface area contributed by atoms with E-state index in [0.717, 1.165) is 6.47 Å². The zero-order valence-corrected chi connectivity index (χ0v) is 11.6. The fraction of sp³-hybridized carbons (Fsp3) is 0.800. The first-order chi connectivity index (χ1) is 5.12. The van der Waals surface area contributed by atoms with E-state index < -0.39 is 14.4 Å². The van der Waals surface area contributed by atoms with Crippen molar-refractivity contribution >= 4 is 14.1 Å². The average Bonchev–Trinajstić information content (AvgIpc) is 1.87. The number of hydrogen-bond acceptors (Lipinski definition) is 5. The molecular weight excluding hydrogens is 312 g/mol. The molecule has 0 aliphatic carbocycles. The van der Waals surface area contributed by atoms with Crippen molar-refractivity contribution in [3.05, 3.63) is 0 Å². The molecule has 0 bridgehead atoms. The summed E-state index contributed by atoms with van der Waals surface area (Å²) in [5.74, 6) is 0. The summed E-state index contributed by atoms with van der Waals surface area (Å²) in [4.78, 5) is 9.49. The Morgan fingerprint density at radius 2 is 2.00 bits per heavy atom. The zero-order chi connectivity index (χ0) is 8.74. The van der Waals surface area contributed by atoms with Gasteiger partial charge in [-0.25, -0.2) is 0 Å². The number of rotatable bonds is 6. The molecule has 0 aliphatic rings. The normalized spacial score (nSPS) is 14.2. The topological polar surface area (TPSA) is 61.8 Å². The smallest absolute Gasteiger partial charge is 0.330 e. The monoisotopic (exact) mass is 322 g/mol. The summed E-state index contributed by atoms with van der Waals surface area (Å²) >= 11 is 0. The molecule has 1 unspecified atom stereocenters. The minimum atomic E-state index is -3.03. The summed E-state index contributed by atoms with van der Waals surface area (Å²) in [7, 11) is -3.03. The molecule has 0 saturated heterocycles. The molecule has 5 nitrogen and oxygen atoms in total. The fourth-order valence-electron chi connectivity index (χ4n) is 0.418. The predicted molar refractivity (Wildman–Crippen MR) is 37.9 cm³/mol. The van der Waals surface area contributed by atoms with Gasteiger partial charge < -0.3 is 14.1 Å². The van der Waals surface area contributed by atoms with E-state index in [1.165, 1.54) is 6.66 Å². The van der Waals surface area contributed by atoms with Crippen molar-refractivity contribution in [1.29, 1.82) is 0 Å². The predicted octanol–water partition coefficient (Wildman–Crippen LogP) is 0.904.